The second kappa shape index (κ2) is 6.84. The average Bonchev–Trinajstić information content (AvgIpc) is 2.58. The molecule has 4 heteroatoms. The minimum absolute atomic E-state index is 0.196. The lowest BCUT2D eigenvalue weighted by atomic mass is 9.84. The van der Waals surface area contributed by atoms with Crippen molar-refractivity contribution in [1.29, 1.82) is 0 Å². The molecule has 0 aliphatic carbocycles. The maximum atomic E-state index is 12.4. The van der Waals surface area contributed by atoms with Crippen molar-refractivity contribution in [3.63, 3.8) is 0 Å². The van der Waals surface area contributed by atoms with E-state index in [1.54, 1.807) is 24.3 Å². The minimum atomic E-state index is -0.541. The van der Waals surface area contributed by atoms with Crippen LogP contribution in [0.15, 0.2) is 54.6 Å². The molecule has 0 radical (unpaired) electrons. The molecule has 4 nitrogen and oxygen atoms in total. The fourth-order valence-corrected chi connectivity index (χ4v) is 3.06. The van der Waals surface area contributed by atoms with Gasteiger partial charge in [-0.25, -0.2) is 0 Å². The van der Waals surface area contributed by atoms with Gasteiger partial charge < -0.3 is 15.2 Å². The van der Waals surface area contributed by atoms with E-state index in [1.165, 1.54) is 0 Å². The fourth-order valence-electron chi connectivity index (χ4n) is 3.06. The van der Waals surface area contributed by atoms with Gasteiger partial charge in [0, 0.05) is 12.8 Å². The number of ether oxygens (including phenoxy) is 1. The van der Waals surface area contributed by atoms with E-state index >= 15 is 0 Å². The first-order valence-corrected chi connectivity index (χ1v) is 7.94. The second-order valence-corrected chi connectivity index (χ2v) is 5.93. The summed E-state index contributed by atoms with van der Waals surface area (Å²) >= 11 is 0. The number of aromatic hydroxyl groups is 1. The van der Waals surface area contributed by atoms with Gasteiger partial charge in [-0.2, -0.15) is 0 Å². The highest BCUT2D eigenvalue weighted by Gasteiger charge is 2.37. The number of hydrogen-bond acceptors (Lipinski definition) is 4. The summed E-state index contributed by atoms with van der Waals surface area (Å²) in [7, 11) is 0. The van der Waals surface area contributed by atoms with Crippen molar-refractivity contribution in [3.05, 3.63) is 65.7 Å². The molecule has 0 saturated carbocycles. The Morgan fingerprint density at radius 2 is 1.70 bits per heavy atom. The van der Waals surface area contributed by atoms with Gasteiger partial charge in [-0.1, -0.05) is 42.5 Å². The van der Waals surface area contributed by atoms with Crippen LogP contribution in [0.4, 0.5) is 0 Å². The van der Waals surface area contributed by atoms with Crippen LogP contribution in [0.3, 0.4) is 0 Å². The molecule has 2 aromatic rings. The van der Waals surface area contributed by atoms with Gasteiger partial charge in [0.25, 0.3) is 0 Å². The minimum Gasteiger partial charge on any atom is -0.508 e. The van der Waals surface area contributed by atoms with Crippen LogP contribution in [0, 0.1) is 0 Å². The molecule has 2 N–H and O–H groups in total. The van der Waals surface area contributed by atoms with E-state index in [2.05, 4.69) is 5.32 Å². The van der Waals surface area contributed by atoms with Gasteiger partial charge in [-0.05, 0) is 36.3 Å². The van der Waals surface area contributed by atoms with E-state index in [0.29, 0.717) is 0 Å². The Hall–Kier alpha value is -2.33. The third-order valence-electron chi connectivity index (χ3n) is 4.31. The molecule has 0 amide bonds. The SMILES string of the molecule is O=C(Cc1ccc(O)cc1)OC1(c2ccccc2)CCNCC1. The first kappa shape index (κ1) is 15.6. The zero-order chi connectivity index (χ0) is 16.1. The van der Waals surface area contributed by atoms with Gasteiger partial charge >= 0.3 is 5.97 Å². The van der Waals surface area contributed by atoms with Crippen LogP contribution in [-0.2, 0) is 21.6 Å². The number of carbonyl (C=O) groups excluding carboxylic acids is 1. The Balaban J connectivity index is 1.76. The van der Waals surface area contributed by atoms with E-state index in [-0.39, 0.29) is 18.1 Å². The second-order valence-electron chi connectivity index (χ2n) is 5.93. The van der Waals surface area contributed by atoms with Gasteiger partial charge in [-0.3, -0.25) is 4.79 Å². The quantitative estimate of drug-likeness (QED) is 0.853. The average molecular weight is 311 g/mol. The summed E-state index contributed by atoms with van der Waals surface area (Å²) in [6.07, 6.45) is 1.76. The number of nitrogens with one attached hydrogen (secondary N) is 1. The molecule has 0 bridgehead atoms. The molecule has 1 heterocycles. The van der Waals surface area contributed by atoms with Crippen molar-refractivity contribution in [1.82, 2.24) is 5.32 Å². The number of hydrogen-bond donors (Lipinski definition) is 2. The molecule has 0 atom stereocenters. The highest BCUT2D eigenvalue weighted by molar-refractivity contribution is 5.73. The van der Waals surface area contributed by atoms with E-state index in [0.717, 1.165) is 37.1 Å². The Morgan fingerprint density at radius 3 is 2.35 bits per heavy atom. The highest BCUT2D eigenvalue weighted by Crippen LogP contribution is 2.35. The maximum absolute atomic E-state index is 12.4. The van der Waals surface area contributed by atoms with Crippen molar-refractivity contribution in [2.45, 2.75) is 24.9 Å². The Morgan fingerprint density at radius 1 is 1.04 bits per heavy atom. The number of esters is 1. The Labute approximate surface area is 136 Å². The first-order chi connectivity index (χ1) is 11.2. The van der Waals surface area contributed by atoms with Crippen molar-refractivity contribution < 1.29 is 14.6 Å². The van der Waals surface area contributed by atoms with Crippen LogP contribution in [-0.4, -0.2) is 24.2 Å². The predicted molar refractivity (Wildman–Crippen MR) is 88.1 cm³/mol. The fraction of sp³-hybridized carbons (Fsp3) is 0.316. The lowest BCUT2D eigenvalue weighted by molar-refractivity contribution is -0.163. The zero-order valence-corrected chi connectivity index (χ0v) is 13.0. The number of phenols is 1. The normalized spacial score (nSPS) is 16.7. The molecule has 23 heavy (non-hydrogen) atoms. The molecular weight excluding hydrogens is 290 g/mol. The van der Waals surface area contributed by atoms with E-state index < -0.39 is 5.60 Å². The van der Waals surface area contributed by atoms with Crippen LogP contribution in [0.25, 0.3) is 0 Å². The molecule has 1 aliphatic rings. The van der Waals surface area contributed by atoms with Crippen LogP contribution < -0.4 is 5.32 Å². The van der Waals surface area contributed by atoms with Gasteiger partial charge in [0.1, 0.15) is 11.4 Å². The number of rotatable bonds is 4. The molecule has 1 fully saturated rings. The number of benzene rings is 2. The monoisotopic (exact) mass is 311 g/mol. The summed E-state index contributed by atoms with van der Waals surface area (Å²) in [4.78, 5) is 12.4. The Bertz CT molecular complexity index is 646. The largest absolute Gasteiger partial charge is 0.508 e. The molecule has 3 rings (SSSR count). The molecule has 0 spiro atoms. The summed E-state index contributed by atoms with van der Waals surface area (Å²) in [5.74, 6) is -0.0392. The maximum Gasteiger partial charge on any atom is 0.311 e. The van der Waals surface area contributed by atoms with E-state index in [4.69, 9.17) is 4.74 Å². The summed E-state index contributed by atoms with van der Waals surface area (Å²) < 4.78 is 5.96. The van der Waals surface area contributed by atoms with Crippen molar-refractivity contribution in [3.8, 4) is 5.75 Å². The zero-order valence-electron chi connectivity index (χ0n) is 13.0. The summed E-state index contributed by atoms with van der Waals surface area (Å²) in [6.45, 7) is 1.67. The third-order valence-corrected chi connectivity index (χ3v) is 4.31. The van der Waals surface area contributed by atoms with Gasteiger partial charge in [0.2, 0.25) is 0 Å². The predicted octanol–water partition coefficient (Wildman–Crippen LogP) is 2.76. The van der Waals surface area contributed by atoms with Crippen molar-refractivity contribution >= 4 is 5.97 Å². The smallest absolute Gasteiger partial charge is 0.311 e. The van der Waals surface area contributed by atoms with Gasteiger partial charge in [-0.15, -0.1) is 0 Å². The molecular formula is C19H21NO3. The first-order valence-electron chi connectivity index (χ1n) is 7.94. The topological polar surface area (TPSA) is 58.6 Å². The molecule has 0 unspecified atom stereocenters. The van der Waals surface area contributed by atoms with Crippen LogP contribution in [0.5, 0.6) is 5.75 Å². The highest BCUT2D eigenvalue weighted by atomic mass is 16.6. The molecule has 1 aliphatic heterocycles. The molecule has 0 aromatic heterocycles. The van der Waals surface area contributed by atoms with E-state index in [1.807, 2.05) is 30.3 Å². The van der Waals surface area contributed by atoms with Crippen LogP contribution in [0.2, 0.25) is 0 Å². The van der Waals surface area contributed by atoms with Crippen molar-refractivity contribution in [2.75, 3.05) is 13.1 Å². The number of carbonyl (C=O) groups is 1. The lowest BCUT2D eigenvalue weighted by Gasteiger charge is -2.37. The molecule has 2 aromatic carbocycles. The summed E-state index contributed by atoms with van der Waals surface area (Å²) in [5.41, 5.74) is 1.35. The standard InChI is InChI=1S/C19H21NO3/c21-17-8-6-15(7-9-17)14-18(22)23-19(10-12-20-13-11-19)16-4-2-1-3-5-16/h1-9,20-21H,10-14H2. The lowest BCUT2D eigenvalue weighted by Crippen LogP contribution is -2.43. The number of piperidine rings is 1. The molecule has 1 saturated heterocycles. The van der Waals surface area contributed by atoms with Crippen molar-refractivity contribution in [2.24, 2.45) is 0 Å². The molecule has 120 valence electrons. The van der Waals surface area contributed by atoms with Crippen LogP contribution in [0.1, 0.15) is 24.0 Å². The third kappa shape index (κ3) is 3.71. The number of phenolic OH excluding ortho intramolecular Hbond substituents is 1. The van der Waals surface area contributed by atoms with Gasteiger partial charge in [0.15, 0.2) is 0 Å². The van der Waals surface area contributed by atoms with Gasteiger partial charge in [0.05, 0.1) is 6.42 Å². The van der Waals surface area contributed by atoms with E-state index in [9.17, 15) is 9.90 Å². The van der Waals surface area contributed by atoms with Crippen LogP contribution >= 0.6 is 0 Å². The summed E-state index contributed by atoms with van der Waals surface area (Å²) in [6, 6.07) is 16.6. The Kier molecular flexibility index (Phi) is 4.63. The summed E-state index contributed by atoms with van der Waals surface area (Å²) in [5, 5.41) is 12.6.